The maximum atomic E-state index is 13.3. The van der Waals surface area contributed by atoms with E-state index in [1.807, 2.05) is 29.2 Å². The highest BCUT2D eigenvalue weighted by Crippen LogP contribution is 2.27. The van der Waals surface area contributed by atoms with Crippen LogP contribution >= 0.6 is 11.8 Å². The maximum Gasteiger partial charge on any atom is 0.255 e. The second kappa shape index (κ2) is 9.77. The molecule has 0 aliphatic carbocycles. The molecule has 1 aromatic heterocycles. The number of rotatable bonds is 6. The van der Waals surface area contributed by atoms with Gasteiger partial charge in [-0.05, 0) is 28.5 Å². The third-order valence-electron chi connectivity index (χ3n) is 5.98. The third kappa shape index (κ3) is 4.94. The van der Waals surface area contributed by atoms with Gasteiger partial charge < -0.3 is 9.42 Å². The molecule has 0 atom stereocenters. The summed E-state index contributed by atoms with van der Waals surface area (Å²) in [6.07, 6.45) is 0. The van der Waals surface area contributed by atoms with E-state index in [1.54, 1.807) is 18.7 Å². The second-order valence-corrected chi connectivity index (χ2v) is 9.24. The van der Waals surface area contributed by atoms with Crippen molar-refractivity contribution in [1.29, 1.82) is 0 Å². The summed E-state index contributed by atoms with van der Waals surface area (Å²) in [6.45, 7) is 5.87. The van der Waals surface area contributed by atoms with Gasteiger partial charge in [-0.1, -0.05) is 59.8 Å². The Morgan fingerprint density at radius 3 is 2.55 bits per heavy atom. The quantitative estimate of drug-likeness (QED) is 0.388. The van der Waals surface area contributed by atoms with E-state index in [9.17, 15) is 4.79 Å². The van der Waals surface area contributed by atoms with Crippen LogP contribution in [0.3, 0.4) is 0 Å². The van der Waals surface area contributed by atoms with Gasteiger partial charge in [-0.3, -0.25) is 9.69 Å². The molecule has 33 heavy (non-hydrogen) atoms. The number of carbonyl (C=O) groups is 1. The summed E-state index contributed by atoms with van der Waals surface area (Å²) in [5.74, 6) is 1.85. The second-order valence-electron chi connectivity index (χ2n) is 8.22. The van der Waals surface area contributed by atoms with Gasteiger partial charge in [0, 0.05) is 44.5 Å². The van der Waals surface area contributed by atoms with Crippen molar-refractivity contribution in [2.75, 3.05) is 26.2 Å². The van der Waals surface area contributed by atoms with Crippen molar-refractivity contribution in [3.05, 3.63) is 89.6 Å². The van der Waals surface area contributed by atoms with Crippen LogP contribution in [0.25, 0.3) is 10.8 Å². The SMILES string of the molecule is Cc1nc(CSc2ccccc2C(=O)N2CCN(Cc3cccc4ccccc34)CC2)no1. The molecule has 3 aromatic carbocycles. The fourth-order valence-corrected chi connectivity index (χ4v) is 5.15. The molecule has 1 fully saturated rings. The highest BCUT2D eigenvalue weighted by Gasteiger charge is 2.24. The topological polar surface area (TPSA) is 62.5 Å². The van der Waals surface area contributed by atoms with Crippen molar-refractivity contribution in [2.24, 2.45) is 0 Å². The number of hydrogen-bond donors (Lipinski definition) is 0. The summed E-state index contributed by atoms with van der Waals surface area (Å²) in [5, 5.41) is 6.53. The molecule has 1 aliphatic heterocycles. The summed E-state index contributed by atoms with van der Waals surface area (Å²) in [5.41, 5.74) is 2.08. The number of aromatic nitrogens is 2. The Bertz CT molecular complexity index is 1260. The monoisotopic (exact) mass is 458 g/mol. The molecular formula is C26H26N4O2S. The van der Waals surface area contributed by atoms with Gasteiger partial charge in [-0.2, -0.15) is 4.98 Å². The van der Waals surface area contributed by atoms with Crippen molar-refractivity contribution >= 4 is 28.4 Å². The Hall–Kier alpha value is -3.16. The van der Waals surface area contributed by atoms with Gasteiger partial charge in [0.25, 0.3) is 5.91 Å². The van der Waals surface area contributed by atoms with Crippen LogP contribution in [0.1, 0.15) is 27.6 Å². The molecule has 1 aliphatic rings. The van der Waals surface area contributed by atoms with Crippen molar-refractivity contribution in [1.82, 2.24) is 19.9 Å². The number of fused-ring (bicyclic) bond motifs is 1. The number of hydrogen-bond acceptors (Lipinski definition) is 6. The summed E-state index contributed by atoms with van der Waals surface area (Å²) >= 11 is 1.57. The fraction of sp³-hybridized carbons (Fsp3) is 0.269. The molecule has 0 unspecified atom stereocenters. The van der Waals surface area contributed by atoms with Crippen LogP contribution in [-0.4, -0.2) is 52.0 Å². The van der Waals surface area contributed by atoms with Gasteiger partial charge in [0.1, 0.15) is 0 Å². The number of amides is 1. The molecule has 7 heteroatoms. The molecule has 6 nitrogen and oxygen atoms in total. The molecule has 0 bridgehead atoms. The lowest BCUT2D eigenvalue weighted by Crippen LogP contribution is -2.48. The number of carbonyl (C=O) groups excluding carboxylic acids is 1. The lowest BCUT2D eigenvalue weighted by molar-refractivity contribution is 0.0625. The summed E-state index contributed by atoms with van der Waals surface area (Å²) in [6, 6.07) is 22.8. The Morgan fingerprint density at radius 2 is 1.73 bits per heavy atom. The first-order chi connectivity index (χ1) is 16.2. The minimum atomic E-state index is 0.0900. The minimum Gasteiger partial charge on any atom is -0.340 e. The van der Waals surface area contributed by atoms with Crippen LogP contribution in [0.5, 0.6) is 0 Å². The van der Waals surface area contributed by atoms with E-state index in [0.29, 0.717) is 17.5 Å². The van der Waals surface area contributed by atoms with Crippen LogP contribution < -0.4 is 0 Å². The Morgan fingerprint density at radius 1 is 0.970 bits per heavy atom. The zero-order chi connectivity index (χ0) is 22.6. The number of piperazine rings is 1. The first kappa shape index (κ1) is 21.7. The van der Waals surface area contributed by atoms with Gasteiger partial charge in [-0.15, -0.1) is 11.8 Å². The number of nitrogens with zero attached hydrogens (tertiary/aromatic N) is 4. The van der Waals surface area contributed by atoms with E-state index >= 15 is 0 Å². The molecular weight excluding hydrogens is 432 g/mol. The standard InChI is InChI=1S/C26H26N4O2S/c1-19-27-25(28-32-19)18-33-24-12-5-4-11-23(24)26(31)30-15-13-29(14-16-30)17-21-9-6-8-20-7-2-3-10-22(20)21/h2-12H,13-18H2,1H3. The molecule has 0 radical (unpaired) electrons. The molecule has 0 N–H and O–H groups in total. The Balaban J connectivity index is 1.22. The average Bonchev–Trinajstić information content (AvgIpc) is 3.28. The van der Waals surface area contributed by atoms with E-state index in [4.69, 9.17) is 4.52 Å². The summed E-state index contributed by atoms with van der Waals surface area (Å²) in [7, 11) is 0. The van der Waals surface area contributed by atoms with Crippen LogP contribution in [-0.2, 0) is 12.3 Å². The van der Waals surface area contributed by atoms with Gasteiger partial charge in [0.2, 0.25) is 5.89 Å². The van der Waals surface area contributed by atoms with Gasteiger partial charge >= 0.3 is 0 Å². The van der Waals surface area contributed by atoms with Crippen molar-refractivity contribution in [3.8, 4) is 0 Å². The van der Waals surface area contributed by atoms with E-state index in [2.05, 4.69) is 57.5 Å². The van der Waals surface area contributed by atoms with Crippen molar-refractivity contribution in [2.45, 2.75) is 24.1 Å². The van der Waals surface area contributed by atoms with Crippen molar-refractivity contribution in [3.63, 3.8) is 0 Å². The molecule has 4 aromatic rings. The highest BCUT2D eigenvalue weighted by atomic mass is 32.2. The summed E-state index contributed by atoms with van der Waals surface area (Å²) < 4.78 is 5.05. The van der Waals surface area contributed by atoms with Crippen LogP contribution in [0, 0.1) is 6.92 Å². The maximum absolute atomic E-state index is 13.3. The number of benzene rings is 3. The number of thioether (sulfide) groups is 1. The fourth-order valence-electron chi connectivity index (χ4n) is 4.26. The largest absolute Gasteiger partial charge is 0.340 e. The van der Waals surface area contributed by atoms with Gasteiger partial charge in [0.05, 0.1) is 11.3 Å². The lowest BCUT2D eigenvalue weighted by atomic mass is 10.0. The van der Waals surface area contributed by atoms with E-state index in [1.165, 1.54) is 16.3 Å². The molecule has 2 heterocycles. The predicted molar refractivity (Wildman–Crippen MR) is 130 cm³/mol. The highest BCUT2D eigenvalue weighted by molar-refractivity contribution is 7.98. The molecule has 0 spiro atoms. The molecule has 5 rings (SSSR count). The normalized spacial score (nSPS) is 14.6. The molecule has 1 amide bonds. The molecule has 168 valence electrons. The minimum absolute atomic E-state index is 0.0900. The summed E-state index contributed by atoms with van der Waals surface area (Å²) in [4.78, 5) is 22.9. The Kier molecular flexibility index (Phi) is 6.41. The zero-order valence-electron chi connectivity index (χ0n) is 18.6. The van der Waals surface area contributed by atoms with Crippen molar-refractivity contribution < 1.29 is 9.32 Å². The third-order valence-corrected chi connectivity index (χ3v) is 7.05. The van der Waals surface area contributed by atoms with E-state index < -0.39 is 0 Å². The van der Waals surface area contributed by atoms with E-state index in [-0.39, 0.29) is 5.91 Å². The smallest absolute Gasteiger partial charge is 0.255 e. The van der Waals surface area contributed by atoms with E-state index in [0.717, 1.165) is 43.2 Å². The van der Waals surface area contributed by atoms with Gasteiger partial charge in [0.15, 0.2) is 5.82 Å². The first-order valence-electron chi connectivity index (χ1n) is 11.2. The number of aryl methyl sites for hydroxylation is 1. The zero-order valence-corrected chi connectivity index (χ0v) is 19.4. The lowest BCUT2D eigenvalue weighted by Gasteiger charge is -2.35. The van der Waals surface area contributed by atoms with Crippen LogP contribution in [0.15, 0.2) is 76.1 Å². The van der Waals surface area contributed by atoms with Gasteiger partial charge in [-0.25, -0.2) is 0 Å². The first-order valence-corrected chi connectivity index (χ1v) is 12.2. The molecule has 0 saturated carbocycles. The van der Waals surface area contributed by atoms with Crippen LogP contribution in [0.2, 0.25) is 0 Å². The average molecular weight is 459 g/mol. The Labute approximate surface area is 197 Å². The molecule has 1 saturated heterocycles. The predicted octanol–water partition coefficient (Wildman–Crippen LogP) is 4.78. The van der Waals surface area contributed by atoms with Crippen LogP contribution in [0.4, 0.5) is 0 Å².